The van der Waals surface area contributed by atoms with Crippen LogP contribution in [0.25, 0.3) is 0 Å². The lowest BCUT2D eigenvalue weighted by Gasteiger charge is -2.37. The van der Waals surface area contributed by atoms with E-state index in [-0.39, 0.29) is 11.9 Å². The Labute approximate surface area is 155 Å². The molecule has 0 radical (unpaired) electrons. The number of nitrogens with zero attached hydrogens (tertiary/aromatic N) is 2. The SMILES string of the molecule is COc1ccccc1NC(=O)C(C)N1CCN(Cc2ccccc2)CC1. The van der Waals surface area contributed by atoms with E-state index in [1.54, 1.807) is 7.11 Å². The second-order valence-electron chi connectivity index (χ2n) is 6.66. The van der Waals surface area contributed by atoms with Crippen LogP contribution in [0, 0.1) is 0 Å². The Hall–Kier alpha value is -2.37. The summed E-state index contributed by atoms with van der Waals surface area (Å²) in [6, 6.07) is 17.9. The molecule has 0 aromatic heterocycles. The molecule has 2 aromatic carbocycles. The standard InChI is InChI=1S/C21H27N3O2/c1-17(21(25)22-19-10-6-7-11-20(19)26-2)24-14-12-23(13-15-24)16-18-8-4-3-5-9-18/h3-11,17H,12-16H2,1-2H3,(H,22,25). The van der Waals surface area contributed by atoms with E-state index >= 15 is 0 Å². The third-order valence-electron chi connectivity index (χ3n) is 4.95. The predicted molar refractivity (Wildman–Crippen MR) is 104 cm³/mol. The summed E-state index contributed by atoms with van der Waals surface area (Å²) < 4.78 is 5.31. The molecule has 1 aliphatic rings. The molecule has 1 N–H and O–H groups in total. The summed E-state index contributed by atoms with van der Waals surface area (Å²) in [4.78, 5) is 17.3. The molecule has 0 bridgehead atoms. The van der Waals surface area contributed by atoms with E-state index in [1.807, 2.05) is 37.3 Å². The Balaban J connectivity index is 1.51. The quantitative estimate of drug-likeness (QED) is 0.867. The fraction of sp³-hybridized carbons (Fsp3) is 0.381. The number of carbonyl (C=O) groups excluding carboxylic acids is 1. The fourth-order valence-corrected chi connectivity index (χ4v) is 3.30. The van der Waals surface area contributed by atoms with Gasteiger partial charge in [-0.25, -0.2) is 0 Å². The van der Waals surface area contributed by atoms with Crippen LogP contribution in [0.5, 0.6) is 5.75 Å². The molecule has 2 aromatic rings. The van der Waals surface area contributed by atoms with E-state index in [2.05, 4.69) is 39.4 Å². The van der Waals surface area contributed by atoms with Crippen LogP contribution in [0.1, 0.15) is 12.5 Å². The number of methoxy groups -OCH3 is 1. The summed E-state index contributed by atoms with van der Waals surface area (Å²) >= 11 is 0. The molecule has 5 heteroatoms. The van der Waals surface area contributed by atoms with Crippen LogP contribution in [-0.4, -0.2) is 55.0 Å². The summed E-state index contributed by atoms with van der Waals surface area (Å²) in [5.41, 5.74) is 2.05. The van der Waals surface area contributed by atoms with Crippen molar-refractivity contribution in [2.24, 2.45) is 0 Å². The molecule has 1 unspecified atom stereocenters. The summed E-state index contributed by atoms with van der Waals surface area (Å²) in [6.45, 7) is 6.68. The van der Waals surface area contributed by atoms with E-state index < -0.39 is 0 Å². The third kappa shape index (κ3) is 4.62. The zero-order valence-electron chi connectivity index (χ0n) is 15.5. The molecule has 1 fully saturated rings. The normalized spacial score (nSPS) is 16.8. The van der Waals surface area contributed by atoms with Crippen molar-refractivity contribution in [3.8, 4) is 5.75 Å². The van der Waals surface area contributed by atoms with Crippen LogP contribution in [0.2, 0.25) is 0 Å². The van der Waals surface area contributed by atoms with Crippen molar-refractivity contribution in [2.45, 2.75) is 19.5 Å². The number of piperazine rings is 1. The minimum atomic E-state index is -0.168. The van der Waals surface area contributed by atoms with Gasteiger partial charge in [-0.1, -0.05) is 42.5 Å². The van der Waals surface area contributed by atoms with Crippen molar-refractivity contribution >= 4 is 11.6 Å². The first-order valence-electron chi connectivity index (χ1n) is 9.11. The van der Waals surface area contributed by atoms with Crippen LogP contribution in [0.4, 0.5) is 5.69 Å². The zero-order valence-corrected chi connectivity index (χ0v) is 15.5. The molecule has 138 valence electrons. The van der Waals surface area contributed by atoms with Gasteiger partial charge in [0.1, 0.15) is 5.75 Å². The van der Waals surface area contributed by atoms with Crippen molar-refractivity contribution in [1.82, 2.24) is 9.80 Å². The lowest BCUT2D eigenvalue weighted by Crippen LogP contribution is -2.52. The van der Waals surface area contributed by atoms with Gasteiger partial charge in [-0.2, -0.15) is 0 Å². The first kappa shape index (κ1) is 18.4. The number of carbonyl (C=O) groups is 1. The van der Waals surface area contributed by atoms with Gasteiger partial charge in [-0.3, -0.25) is 14.6 Å². The number of para-hydroxylation sites is 2. The lowest BCUT2D eigenvalue weighted by atomic mass is 10.1. The third-order valence-corrected chi connectivity index (χ3v) is 4.95. The molecule has 1 atom stereocenters. The molecule has 0 saturated carbocycles. The van der Waals surface area contributed by atoms with Crippen LogP contribution < -0.4 is 10.1 Å². The average Bonchev–Trinajstić information content (AvgIpc) is 2.69. The van der Waals surface area contributed by atoms with Crippen molar-refractivity contribution in [3.05, 3.63) is 60.2 Å². The maximum Gasteiger partial charge on any atom is 0.241 e. The minimum absolute atomic E-state index is 0.00556. The van der Waals surface area contributed by atoms with Gasteiger partial charge in [0, 0.05) is 32.7 Å². The number of hydrogen-bond donors (Lipinski definition) is 1. The number of anilines is 1. The molecule has 1 aliphatic heterocycles. The fourth-order valence-electron chi connectivity index (χ4n) is 3.30. The predicted octanol–water partition coefficient (Wildman–Crippen LogP) is 2.84. The van der Waals surface area contributed by atoms with E-state index in [0.29, 0.717) is 5.75 Å². The van der Waals surface area contributed by atoms with E-state index in [4.69, 9.17) is 4.74 Å². The van der Waals surface area contributed by atoms with Gasteiger partial charge in [0.25, 0.3) is 0 Å². The van der Waals surface area contributed by atoms with Crippen LogP contribution >= 0.6 is 0 Å². The lowest BCUT2D eigenvalue weighted by molar-refractivity contribution is -0.121. The second-order valence-corrected chi connectivity index (χ2v) is 6.66. The highest BCUT2D eigenvalue weighted by atomic mass is 16.5. The van der Waals surface area contributed by atoms with Crippen LogP contribution in [0.3, 0.4) is 0 Å². The van der Waals surface area contributed by atoms with E-state index in [0.717, 1.165) is 38.4 Å². The molecule has 3 rings (SSSR count). The highest BCUT2D eigenvalue weighted by Gasteiger charge is 2.26. The first-order chi connectivity index (χ1) is 12.7. The molecule has 0 aliphatic carbocycles. The monoisotopic (exact) mass is 353 g/mol. The van der Waals surface area contributed by atoms with Gasteiger partial charge in [0.05, 0.1) is 18.8 Å². The van der Waals surface area contributed by atoms with Gasteiger partial charge in [0.15, 0.2) is 0 Å². The molecule has 1 amide bonds. The topological polar surface area (TPSA) is 44.8 Å². The molecule has 26 heavy (non-hydrogen) atoms. The molecular weight excluding hydrogens is 326 g/mol. The Bertz CT molecular complexity index is 712. The Morgan fingerprint density at radius 2 is 1.69 bits per heavy atom. The zero-order chi connectivity index (χ0) is 18.4. The largest absolute Gasteiger partial charge is 0.495 e. The number of rotatable bonds is 6. The number of nitrogens with one attached hydrogen (secondary N) is 1. The maximum absolute atomic E-state index is 12.6. The number of amides is 1. The average molecular weight is 353 g/mol. The molecular formula is C21H27N3O2. The highest BCUT2D eigenvalue weighted by molar-refractivity contribution is 5.95. The summed E-state index contributed by atoms with van der Waals surface area (Å²) in [5.74, 6) is 0.687. The van der Waals surface area contributed by atoms with Crippen molar-refractivity contribution in [3.63, 3.8) is 0 Å². The summed E-state index contributed by atoms with van der Waals surface area (Å²) in [6.07, 6.45) is 0. The molecule has 1 heterocycles. The number of ether oxygens (including phenoxy) is 1. The number of benzene rings is 2. The summed E-state index contributed by atoms with van der Waals surface area (Å²) in [5, 5.41) is 2.99. The van der Waals surface area contributed by atoms with Gasteiger partial charge in [-0.15, -0.1) is 0 Å². The molecule has 1 saturated heterocycles. The Morgan fingerprint density at radius 3 is 2.38 bits per heavy atom. The van der Waals surface area contributed by atoms with E-state index in [9.17, 15) is 4.79 Å². The van der Waals surface area contributed by atoms with Gasteiger partial charge < -0.3 is 10.1 Å². The van der Waals surface area contributed by atoms with E-state index in [1.165, 1.54) is 5.56 Å². The minimum Gasteiger partial charge on any atom is -0.495 e. The van der Waals surface area contributed by atoms with Gasteiger partial charge in [-0.05, 0) is 24.6 Å². The van der Waals surface area contributed by atoms with Crippen LogP contribution in [0.15, 0.2) is 54.6 Å². The molecule has 0 spiro atoms. The van der Waals surface area contributed by atoms with Gasteiger partial charge in [0.2, 0.25) is 5.91 Å². The van der Waals surface area contributed by atoms with Gasteiger partial charge >= 0.3 is 0 Å². The maximum atomic E-state index is 12.6. The van der Waals surface area contributed by atoms with Crippen molar-refractivity contribution in [1.29, 1.82) is 0 Å². The Kier molecular flexibility index (Phi) is 6.26. The first-order valence-corrected chi connectivity index (χ1v) is 9.11. The smallest absolute Gasteiger partial charge is 0.241 e. The van der Waals surface area contributed by atoms with Crippen LogP contribution in [-0.2, 0) is 11.3 Å². The second kappa shape index (κ2) is 8.83. The Morgan fingerprint density at radius 1 is 1.04 bits per heavy atom. The van der Waals surface area contributed by atoms with Crippen molar-refractivity contribution in [2.75, 3.05) is 38.6 Å². The molecule has 5 nitrogen and oxygen atoms in total. The highest BCUT2D eigenvalue weighted by Crippen LogP contribution is 2.23. The summed E-state index contributed by atoms with van der Waals surface area (Å²) in [7, 11) is 1.61. The van der Waals surface area contributed by atoms with Crippen molar-refractivity contribution < 1.29 is 9.53 Å². The number of hydrogen-bond acceptors (Lipinski definition) is 4.